The first kappa shape index (κ1) is 14.0. The molecule has 0 unspecified atom stereocenters. The van der Waals surface area contributed by atoms with Crippen LogP contribution in [0.5, 0.6) is 0 Å². The van der Waals surface area contributed by atoms with Crippen LogP contribution in [-0.4, -0.2) is 31.3 Å². The lowest BCUT2D eigenvalue weighted by molar-refractivity contribution is -0.184. The molecule has 1 aromatic carbocycles. The number of carbonyl (C=O) groups is 1. The van der Waals surface area contributed by atoms with E-state index < -0.39 is 6.04 Å². The molecule has 1 aromatic rings. The van der Waals surface area contributed by atoms with E-state index in [2.05, 4.69) is 0 Å². The Labute approximate surface area is 114 Å². The van der Waals surface area contributed by atoms with Gasteiger partial charge in [0.25, 0.3) is 0 Å². The number of carbonyl (C=O) groups excluding carboxylic acids is 1. The minimum Gasteiger partial charge on any atom is -0.461 e. The van der Waals surface area contributed by atoms with Crippen molar-refractivity contribution in [2.75, 3.05) is 14.2 Å². The van der Waals surface area contributed by atoms with Crippen molar-refractivity contribution in [1.82, 2.24) is 5.06 Å². The summed E-state index contributed by atoms with van der Waals surface area (Å²) in [5.41, 5.74) is 0.884. The molecule has 0 N–H and O–H groups in total. The molecule has 2 rings (SSSR count). The Morgan fingerprint density at radius 1 is 1.26 bits per heavy atom. The van der Waals surface area contributed by atoms with Crippen LogP contribution in [-0.2, 0) is 14.4 Å². The molecule has 1 saturated carbocycles. The normalized spacial score (nSPS) is 17.6. The number of esters is 1. The second-order valence-electron chi connectivity index (χ2n) is 4.89. The third-order valence-electron chi connectivity index (χ3n) is 3.58. The summed E-state index contributed by atoms with van der Waals surface area (Å²) < 4.78 is 5.59. The maximum absolute atomic E-state index is 12.4. The number of hydroxylamine groups is 2. The Balaban J connectivity index is 2.10. The summed E-state index contributed by atoms with van der Waals surface area (Å²) in [5, 5.41) is 1.53. The van der Waals surface area contributed by atoms with Crippen molar-refractivity contribution in [3.05, 3.63) is 35.9 Å². The van der Waals surface area contributed by atoms with E-state index in [4.69, 9.17) is 9.57 Å². The molecule has 19 heavy (non-hydrogen) atoms. The van der Waals surface area contributed by atoms with Gasteiger partial charge in [-0.15, -0.1) is 0 Å². The lowest BCUT2D eigenvalue weighted by Crippen LogP contribution is -2.33. The van der Waals surface area contributed by atoms with Crippen molar-refractivity contribution in [1.29, 1.82) is 0 Å². The third kappa shape index (κ3) is 3.55. The molecule has 0 aromatic heterocycles. The quantitative estimate of drug-likeness (QED) is 0.605. The number of hydrogen-bond acceptors (Lipinski definition) is 4. The number of likely N-dealkylation sites (N-methyl/N-ethyl adjacent to an activating group) is 1. The molecule has 0 aliphatic heterocycles. The van der Waals surface area contributed by atoms with Crippen molar-refractivity contribution in [3.63, 3.8) is 0 Å². The monoisotopic (exact) mass is 263 g/mol. The van der Waals surface area contributed by atoms with E-state index in [1.54, 1.807) is 14.2 Å². The summed E-state index contributed by atoms with van der Waals surface area (Å²) in [7, 11) is 3.30. The molecule has 0 spiro atoms. The van der Waals surface area contributed by atoms with Crippen LogP contribution in [0.1, 0.15) is 37.3 Å². The largest absolute Gasteiger partial charge is 0.461 e. The van der Waals surface area contributed by atoms with Crippen LogP contribution in [0.3, 0.4) is 0 Å². The number of ether oxygens (including phenoxy) is 1. The molecule has 1 aliphatic carbocycles. The molecule has 0 saturated heterocycles. The summed E-state index contributed by atoms with van der Waals surface area (Å²) >= 11 is 0. The van der Waals surface area contributed by atoms with Gasteiger partial charge in [-0.1, -0.05) is 30.3 Å². The zero-order valence-corrected chi connectivity index (χ0v) is 11.5. The highest BCUT2D eigenvalue weighted by molar-refractivity contribution is 5.77. The highest BCUT2D eigenvalue weighted by Gasteiger charge is 2.30. The van der Waals surface area contributed by atoms with Crippen LogP contribution in [0.2, 0.25) is 0 Å². The predicted molar refractivity (Wildman–Crippen MR) is 72.3 cm³/mol. The lowest BCUT2D eigenvalue weighted by atomic mass is 10.1. The highest BCUT2D eigenvalue weighted by Crippen LogP contribution is 2.26. The fourth-order valence-electron chi connectivity index (χ4n) is 2.47. The summed E-state index contributed by atoms with van der Waals surface area (Å²) in [6.45, 7) is 0. The maximum Gasteiger partial charge on any atom is 0.330 e. The topological polar surface area (TPSA) is 38.8 Å². The Kier molecular flexibility index (Phi) is 4.93. The average Bonchev–Trinajstić information content (AvgIpc) is 2.93. The molecule has 0 radical (unpaired) electrons. The summed E-state index contributed by atoms with van der Waals surface area (Å²) in [6.07, 6.45) is 4.32. The summed E-state index contributed by atoms with van der Waals surface area (Å²) in [4.78, 5) is 17.5. The molecular weight excluding hydrogens is 242 g/mol. The van der Waals surface area contributed by atoms with E-state index in [1.165, 1.54) is 5.06 Å². The van der Waals surface area contributed by atoms with Gasteiger partial charge >= 0.3 is 5.97 Å². The Bertz CT molecular complexity index is 401. The second kappa shape index (κ2) is 6.68. The molecule has 0 heterocycles. The Morgan fingerprint density at radius 3 is 2.47 bits per heavy atom. The SMILES string of the molecule is CON(C)[C@H](C(=O)OC1CCCC1)c1ccccc1. The molecule has 1 atom stereocenters. The summed E-state index contributed by atoms with van der Waals surface area (Å²) in [6, 6.07) is 9.07. The summed E-state index contributed by atoms with van der Waals surface area (Å²) in [5.74, 6) is -0.234. The van der Waals surface area contributed by atoms with Gasteiger partial charge in [0.1, 0.15) is 6.10 Å². The first-order valence-corrected chi connectivity index (χ1v) is 6.74. The molecule has 4 nitrogen and oxygen atoms in total. The van der Waals surface area contributed by atoms with E-state index in [1.807, 2.05) is 30.3 Å². The predicted octanol–water partition coefficient (Wildman–Crippen LogP) is 2.71. The Morgan fingerprint density at radius 2 is 1.89 bits per heavy atom. The van der Waals surface area contributed by atoms with Crippen LogP contribution >= 0.6 is 0 Å². The van der Waals surface area contributed by atoms with Crippen molar-refractivity contribution in [2.45, 2.75) is 37.8 Å². The molecule has 1 fully saturated rings. The number of hydrogen-bond donors (Lipinski definition) is 0. The fraction of sp³-hybridized carbons (Fsp3) is 0.533. The molecular formula is C15H21NO3. The minimum atomic E-state index is -0.508. The molecule has 104 valence electrons. The van der Waals surface area contributed by atoms with Crippen molar-refractivity contribution < 1.29 is 14.4 Å². The van der Waals surface area contributed by atoms with Gasteiger partial charge in [-0.2, -0.15) is 5.06 Å². The van der Waals surface area contributed by atoms with Gasteiger partial charge in [-0.05, 0) is 31.2 Å². The van der Waals surface area contributed by atoms with Crippen LogP contribution in [0.15, 0.2) is 30.3 Å². The molecule has 0 bridgehead atoms. The van der Waals surface area contributed by atoms with Gasteiger partial charge in [0, 0.05) is 7.05 Å². The van der Waals surface area contributed by atoms with Crippen LogP contribution in [0.25, 0.3) is 0 Å². The molecule has 1 aliphatic rings. The van der Waals surface area contributed by atoms with E-state index in [0.717, 1.165) is 31.2 Å². The van der Waals surface area contributed by atoms with Gasteiger partial charge in [-0.25, -0.2) is 4.79 Å². The highest BCUT2D eigenvalue weighted by atomic mass is 16.7. The zero-order chi connectivity index (χ0) is 13.7. The van der Waals surface area contributed by atoms with Crippen LogP contribution in [0.4, 0.5) is 0 Å². The second-order valence-corrected chi connectivity index (χ2v) is 4.89. The smallest absolute Gasteiger partial charge is 0.330 e. The molecule has 0 amide bonds. The number of nitrogens with zero attached hydrogens (tertiary/aromatic N) is 1. The van der Waals surface area contributed by atoms with Gasteiger partial charge in [0.2, 0.25) is 0 Å². The van der Waals surface area contributed by atoms with E-state index >= 15 is 0 Å². The van der Waals surface area contributed by atoms with Gasteiger partial charge in [0.15, 0.2) is 6.04 Å². The maximum atomic E-state index is 12.4. The van der Waals surface area contributed by atoms with Crippen LogP contribution in [0, 0.1) is 0 Å². The zero-order valence-electron chi connectivity index (χ0n) is 11.5. The van der Waals surface area contributed by atoms with E-state index in [0.29, 0.717) is 0 Å². The average molecular weight is 263 g/mol. The van der Waals surface area contributed by atoms with Gasteiger partial charge in [-0.3, -0.25) is 0 Å². The van der Waals surface area contributed by atoms with Crippen molar-refractivity contribution in [2.24, 2.45) is 0 Å². The Hall–Kier alpha value is -1.39. The number of benzene rings is 1. The van der Waals surface area contributed by atoms with Crippen LogP contribution < -0.4 is 0 Å². The first-order chi connectivity index (χ1) is 9.22. The first-order valence-electron chi connectivity index (χ1n) is 6.74. The number of rotatable bonds is 5. The van der Waals surface area contributed by atoms with E-state index in [9.17, 15) is 4.79 Å². The van der Waals surface area contributed by atoms with Crippen molar-refractivity contribution in [3.8, 4) is 0 Å². The third-order valence-corrected chi connectivity index (χ3v) is 3.58. The fourth-order valence-corrected chi connectivity index (χ4v) is 2.47. The van der Waals surface area contributed by atoms with E-state index in [-0.39, 0.29) is 12.1 Å². The lowest BCUT2D eigenvalue weighted by Gasteiger charge is -2.26. The minimum absolute atomic E-state index is 0.0731. The van der Waals surface area contributed by atoms with Gasteiger partial charge in [0.05, 0.1) is 7.11 Å². The van der Waals surface area contributed by atoms with Gasteiger partial charge < -0.3 is 9.57 Å². The molecule has 4 heteroatoms. The van der Waals surface area contributed by atoms with Crippen molar-refractivity contribution >= 4 is 5.97 Å². The standard InChI is InChI=1S/C15H21NO3/c1-16(18-2)14(12-8-4-3-5-9-12)15(17)19-13-10-6-7-11-13/h3-5,8-9,13-14H,6-7,10-11H2,1-2H3/t14-/m0/s1.